The maximum absolute atomic E-state index is 11.6. The third-order valence-electron chi connectivity index (χ3n) is 4.14. The summed E-state index contributed by atoms with van der Waals surface area (Å²) in [6, 6.07) is 0.353. The van der Waals surface area contributed by atoms with Crippen molar-refractivity contribution in [2.45, 2.75) is 52.0 Å². The number of likely N-dealkylation sites (tertiary alicyclic amines) is 1. The van der Waals surface area contributed by atoms with E-state index in [0.717, 1.165) is 38.6 Å². The highest BCUT2D eigenvalue weighted by atomic mass is 16.5. The minimum absolute atomic E-state index is 0.353. The SMILES string of the molecule is CCCC1(C(=O)O)CCCN(C(CC)COC)C1. The Labute approximate surface area is 110 Å². The molecule has 18 heavy (non-hydrogen) atoms. The van der Waals surface area contributed by atoms with Gasteiger partial charge in [0.25, 0.3) is 0 Å². The Bertz CT molecular complexity index is 266. The number of carboxylic acid groups (broad SMARTS) is 1. The lowest BCUT2D eigenvalue weighted by Crippen LogP contribution is -2.52. The van der Waals surface area contributed by atoms with E-state index in [9.17, 15) is 9.90 Å². The second-order valence-electron chi connectivity index (χ2n) is 5.43. The van der Waals surface area contributed by atoms with Crippen LogP contribution in [0.4, 0.5) is 0 Å². The second kappa shape index (κ2) is 7.10. The number of piperidine rings is 1. The van der Waals surface area contributed by atoms with Gasteiger partial charge < -0.3 is 9.84 Å². The molecule has 0 bridgehead atoms. The van der Waals surface area contributed by atoms with Crippen molar-refractivity contribution in [1.29, 1.82) is 0 Å². The van der Waals surface area contributed by atoms with Crippen molar-refractivity contribution in [1.82, 2.24) is 4.90 Å². The molecule has 1 saturated heterocycles. The van der Waals surface area contributed by atoms with Crippen LogP contribution in [0.5, 0.6) is 0 Å². The number of carboxylic acids is 1. The Hall–Kier alpha value is -0.610. The predicted molar refractivity (Wildman–Crippen MR) is 71.7 cm³/mol. The van der Waals surface area contributed by atoms with Crippen LogP contribution >= 0.6 is 0 Å². The van der Waals surface area contributed by atoms with Gasteiger partial charge in [0.05, 0.1) is 12.0 Å². The molecule has 0 spiro atoms. The van der Waals surface area contributed by atoms with E-state index in [0.29, 0.717) is 19.2 Å². The summed E-state index contributed by atoms with van der Waals surface area (Å²) in [6.45, 7) is 6.58. The molecule has 4 heteroatoms. The molecule has 0 aromatic carbocycles. The fourth-order valence-corrected chi connectivity index (χ4v) is 3.12. The van der Waals surface area contributed by atoms with Gasteiger partial charge in [-0.15, -0.1) is 0 Å². The van der Waals surface area contributed by atoms with Crippen molar-refractivity contribution >= 4 is 5.97 Å². The summed E-state index contributed by atoms with van der Waals surface area (Å²) in [5.41, 5.74) is -0.534. The van der Waals surface area contributed by atoms with Crippen molar-refractivity contribution in [2.24, 2.45) is 5.41 Å². The van der Waals surface area contributed by atoms with Crippen molar-refractivity contribution in [3.8, 4) is 0 Å². The zero-order chi connectivity index (χ0) is 13.6. The lowest BCUT2D eigenvalue weighted by atomic mass is 9.76. The summed E-state index contributed by atoms with van der Waals surface area (Å²) in [6.07, 6.45) is 4.52. The maximum atomic E-state index is 11.6. The van der Waals surface area contributed by atoms with E-state index in [1.54, 1.807) is 7.11 Å². The molecule has 0 aliphatic carbocycles. The van der Waals surface area contributed by atoms with Gasteiger partial charge in [-0.1, -0.05) is 20.3 Å². The van der Waals surface area contributed by atoms with Gasteiger partial charge in [0.15, 0.2) is 0 Å². The first-order valence-corrected chi connectivity index (χ1v) is 7.06. The number of methoxy groups -OCH3 is 1. The number of hydrogen-bond acceptors (Lipinski definition) is 3. The van der Waals surface area contributed by atoms with Gasteiger partial charge >= 0.3 is 5.97 Å². The molecule has 0 aromatic heterocycles. The van der Waals surface area contributed by atoms with Crippen molar-refractivity contribution in [2.75, 3.05) is 26.8 Å². The normalized spacial score (nSPS) is 27.1. The number of nitrogens with zero attached hydrogens (tertiary/aromatic N) is 1. The van der Waals surface area contributed by atoms with E-state index in [1.807, 2.05) is 0 Å². The molecule has 1 aliphatic rings. The molecule has 2 unspecified atom stereocenters. The molecule has 4 nitrogen and oxygen atoms in total. The van der Waals surface area contributed by atoms with Gasteiger partial charge in [-0.05, 0) is 32.2 Å². The Morgan fingerprint density at radius 1 is 1.50 bits per heavy atom. The first-order chi connectivity index (χ1) is 8.59. The van der Waals surface area contributed by atoms with Gasteiger partial charge in [0.2, 0.25) is 0 Å². The third-order valence-corrected chi connectivity index (χ3v) is 4.14. The first-order valence-electron chi connectivity index (χ1n) is 7.06. The molecule has 1 N–H and O–H groups in total. The van der Waals surface area contributed by atoms with Crippen LogP contribution in [-0.4, -0.2) is 48.8 Å². The van der Waals surface area contributed by atoms with Crippen molar-refractivity contribution in [3.05, 3.63) is 0 Å². The largest absolute Gasteiger partial charge is 0.481 e. The van der Waals surface area contributed by atoms with Crippen LogP contribution in [-0.2, 0) is 9.53 Å². The van der Waals surface area contributed by atoms with Crippen molar-refractivity contribution < 1.29 is 14.6 Å². The summed E-state index contributed by atoms with van der Waals surface area (Å²) >= 11 is 0. The molecule has 0 saturated carbocycles. The molecular weight excluding hydrogens is 230 g/mol. The molecular formula is C14H27NO3. The Morgan fingerprint density at radius 3 is 2.72 bits per heavy atom. The highest BCUT2D eigenvalue weighted by molar-refractivity contribution is 5.75. The molecule has 2 atom stereocenters. The highest BCUT2D eigenvalue weighted by Crippen LogP contribution is 2.36. The summed E-state index contributed by atoms with van der Waals surface area (Å²) in [7, 11) is 1.71. The van der Waals surface area contributed by atoms with Gasteiger partial charge in [-0.2, -0.15) is 0 Å². The van der Waals surface area contributed by atoms with Gasteiger partial charge in [-0.3, -0.25) is 9.69 Å². The number of rotatable bonds is 7. The van der Waals surface area contributed by atoms with Gasteiger partial charge in [0, 0.05) is 19.7 Å². The van der Waals surface area contributed by atoms with E-state index in [-0.39, 0.29) is 0 Å². The van der Waals surface area contributed by atoms with Crippen LogP contribution in [0.3, 0.4) is 0 Å². The van der Waals surface area contributed by atoms with E-state index in [4.69, 9.17) is 4.74 Å². The summed E-state index contributed by atoms with van der Waals surface area (Å²) in [4.78, 5) is 13.9. The topological polar surface area (TPSA) is 49.8 Å². The molecule has 0 radical (unpaired) electrons. The van der Waals surface area contributed by atoms with E-state index >= 15 is 0 Å². The number of ether oxygens (including phenoxy) is 1. The van der Waals surface area contributed by atoms with Gasteiger partial charge in [-0.25, -0.2) is 0 Å². The smallest absolute Gasteiger partial charge is 0.310 e. The fraction of sp³-hybridized carbons (Fsp3) is 0.929. The number of carbonyl (C=O) groups is 1. The monoisotopic (exact) mass is 257 g/mol. The van der Waals surface area contributed by atoms with Crippen LogP contribution in [0.1, 0.15) is 46.0 Å². The fourth-order valence-electron chi connectivity index (χ4n) is 3.12. The van der Waals surface area contributed by atoms with E-state index < -0.39 is 11.4 Å². The molecule has 1 rings (SSSR count). The summed E-state index contributed by atoms with van der Waals surface area (Å²) in [5.74, 6) is -0.624. The van der Waals surface area contributed by atoms with Gasteiger partial charge in [0.1, 0.15) is 0 Å². The summed E-state index contributed by atoms with van der Waals surface area (Å²) in [5, 5.41) is 9.56. The lowest BCUT2D eigenvalue weighted by Gasteiger charge is -2.43. The van der Waals surface area contributed by atoms with Crippen molar-refractivity contribution in [3.63, 3.8) is 0 Å². The molecule has 106 valence electrons. The van der Waals surface area contributed by atoms with Crippen LogP contribution in [0.15, 0.2) is 0 Å². The average molecular weight is 257 g/mol. The Morgan fingerprint density at radius 2 is 2.22 bits per heavy atom. The molecule has 1 heterocycles. The van der Waals surface area contributed by atoms with Crippen LogP contribution < -0.4 is 0 Å². The zero-order valence-electron chi connectivity index (χ0n) is 11.9. The molecule has 0 amide bonds. The first kappa shape index (κ1) is 15.4. The highest BCUT2D eigenvalue weighted by Gasteiger charge is 2.42. The minimum Gasteiger partial charge on any atom is -0.481 e. The minimum atomic E-state index is -0.624. The predicted octanol–water partition coefficient (Wildman–Crippen LogP) is 2.38. The van der Waals surface area contributed by atoms with E-state index in [1.165, 1.54) is 0 Å². The maximum Gasteiger partial charge on any atom is 0.310 e. The Kier molecular flexibility index (Phi) is 6.09. The van der Waals surface area contributed by atoms with Crippen LogP contribution in [0.2, 0.25) is 0 Å². The second-order valence-corrected chi connectivity index (χ2v) is 5.43. The number of hydrogen-bond donors (Lipinski definition) is 1. The Balaban J connectivity index is 2.76. The quantitative estimate of drug-likeness (QED) is 0.760. The van der Waals surface area contributed by atoms with E-state index in [2.05, 4.69) is 18.7 Å². The molecule has 1 fully saturated rings. The standard InChI is InChI=1S/C14H27NO3/c1-4-7-14(13(16)17)8-6-9-15(11-14)12(5-2)10-18-3/h12H,4-11H2,1-3H3,(H,16,17). The molecule has 1 aliphatic heterocycles. The van der Waals surface area contributed by atoms with Crippen LogP contribution in [0.25, 0.3) is 0 Å². The van der Waals surface area contributed by atoms with Crippen LogP contribution in [0, 0.1) is 5.41 Å². The summed E-state index contributed by atoms with van der Waals surface area (Å²) < 4.78 is 5.25. The third kappa shape index (κ3) is 3.45. The zero-order valence-corrected chi connectivity index (χ0v) is 11.9. The number of aliphatic carboxylic acids is 1. The average Bonchev–Trinajstić information content (AvgIpc) is 2.36. The molecule has 0 aromatic rings. The lowest BCUT2D eigenvalue weighted by molar-refractivity contribution is -0.154.